The normalized spacial score (nSPS) is 17.6. The molecular weight excluding hydrogens is 316 g/mol. The molecule has 0 aliphatic heterocycles. The van der Waals surface area contributed by atoms with Crippen LogP contribution in [-0.2, 0) is 19.1 Å². The van der Waals surface area contributed by atoms with Crippen LogP contribution in [0.1, 0.15) is 43.4 Å². The quantitative estimate of drug-likeness (QED) is 0.596. The first-order valence-electron chi connectivity index (χ1n) is 8.64. The molecule has 0 saturated heterocycles. The van der Waals surface area contributed by atoms with Crippen molar-refractivity contribution >= 4 is 18.0 Å². The van der Waals surface area contributed by atoms with Gasteiger partial charge >= 0.3 is 11.9 Å². The molecule has 134 valence electrons. The van der Waals surface area contributed by atoms with Gasteiger partial charge in [0, 0.05) is 0 Å². The van der Waals surface area contributed by atoms with E-state index >= 15 is 0 Å². The number of esters is 2. The van der Waals surface area contributed by atoms with E-state index < -0.39 is 17.4 Å². The minimum Gasteiger partial charge on any atom is -0.465 e. The zero-order chi connectivity index (χ0) is 18.6. The molecule has 0 unspecified atom stereocenters. The first-order valence-corrected chi connectivity index (χ1v) is 8.64. The van der Waals surface area contributed by atoms with E-state index in [9.17, 15) is 9.59 Å². The van der Waals surface area contributed by atoms with Crippen LogP contribution in [0.5, 0.6) is 0 Å². The lowest BCUT2D eigenvalue weighted by atomic mass is 9.85. The Hall–Kier alpha value is -2.36. The maximum atomic E-state index is 12.5. The molecule has 1 aliphatic carbocycles. The predicted molar refractivity (Wildman–Crippen MR) is 98.0 cm³/mol. The fourth-order valence-electron chi connectivity index (χ4n) is 3.35. The van der Waals surface area contributed by atoms with Gasteiger partial charge in [0.05, 0.1) is 13.2 Å². The van der Waals surface area contributed by atoms with Gasteiger partial charge in [-0.1, -0.05) is 47.6 Å². The Labute approximate surface area is 149 Å². The van der Waals surface area contributed by atoms with Gasteiger partial charge < -0.3 is 9.47 Å². The first kappa shape index (κ1) is 19.0. The van der Waals surface area contributed by atoms with E-state index in [0.717, 1.165) is 27.8 Å². The highest BCUT2D eigenvalue weighted by Gasteiger charge is 2.53. The third kappa shape index (κ3) is 4.01. The van der Waals surface area contributed by atoms with Crippen molar-refractivity contribution in [2.75, 3.05) is 13.2 Å². The molecule has 4 heteroatoms. The monoisotopic (exact) mass is 342 g/mol. The Morgan fingerprint density at radius 2 is 1.56 bits per heavy atom. The van der Waals surface area contributed by atoms with Crippen molar-refractivity contribution in [1.29, 1.82) is 0 Å². The molecule has 0 heterocycles. The summed E-state index contributed by atoms with van der Waals surface area (Å²) in [5.41, 5.74) is 3.73. The van der Waals surface area contributed by atoms with Gasteiger partial charge in [0.2, 0.25) is 0 Å². The summed E-state index contributed by atoms with van der Waals surface area (Å²) < 4.78 is 10.3. The lowest BCUT2D eigenvalue weighted by molar-refractivity contribution is -0.171. The number of rotatable bonds is 5. The Kier molecular flexibility index (Phi) is 5.83. The standard InChI is InChI=1S/C21H26O4/c1-6-24-19(22)21(20(23)25-7-2)12-16(5)18(13-21)11-17-9-14(3)8-15(4)10-17/h8-11H,5-7,12-13H2,1-4H3/b18-11+. The number of carbonyl (C=O) groups is 2. The van der Waals surface area contributed by atoms with Crippen LogP contribution >= 0.6 is 0 Å². The minimum absolute atomic E-state index is 0.225. The summed E-state index contributed by atoms with van der Waals surface area (Å²) in [7, 11) is 0. The summed E-state index contributed by atoms with van der Waals surface area (Å²) >= 11 is 0. The number of aryl methyl sites for hydroxylation is 2. The average Bonchev–Trinajstić information content (AvgIpc) is 2.85. The molecule has 1 aromatic carbocycles. The molecule has 25 heavy (non-hydrogen) atoms. The number of benzene rings is 1. The molecule has 0 spiro atoms. The molecule has 0 atom stereocenters. The van der Waals surface area contributed by atoms with E-state index in [1.807, 2.05) is 19.9 Å². The van der Waals surface area contributed by atoms with Crippen LogP contribution in [0, 0.1) is 19.3 Å². The number of carbonyl (C=O) groups excluding carboxylic acids is 2. The second-order valence-electron chi connectivity index (χ2n) is 6.57. The smallest absolute Gasteiger partial charge is 0.324 e. The molecule has 1 fully saturated rings. The van der Waals surface area contributed by atoms with Crippen LogP contribution in [0.15, 0.2) is 35.9 Å². The van der Waals surface area contributed by atoms with Gasteiger partial charge in [-0.15, -0.1) is 0 Å². The number of allylic oxidation sites excluding steroid dienone is 2. The van der Waals surface area contributed by atoms with E-state index in [2.05, 4.69) is 24.8 Å². The van der Waals surface area contributed by atoms with Crippen LogP contribution in [-0.4, -0.2) is 25.2 Å². The van der Waals surface area contributed by atoms with Gasteiger partial charge in [0.15, 0.2) is 5.41 Å². The SMILES string of the molecule is C=C1CC(C(=O)OCC)(C(=O)OCC)C/C1=C\c1cc(C)cc(C)c1. The van der Waals surface area contributed by atoms with E-state index in [0.29, 0.717) is 0 Å². The van der Waals surface area contributed by atoms with Crippen molar-refractivity contribution in [1.82, 2.24) is 0 Å². The molecular formula is C21H26O4. The van der Waals surface area contributed by atoms with Crippen LogP contribution in [0.3, 0.4) is 0 Å². The second kappa shape index (κ2) is 7.68. The molecule has 1 saturated carbocycles. The van der Waals surface area contributed by atoms with Crippen LogP contribution in [0.4, 0.5) is 0 Å². The van der Waals surface area contributed by atoms with Crippen molar-refractivity contribution in [2.45, 2.75) is 40.5 Å². The zero-order valence-electron chi connectivity index (χ0n) is 15.5. The molecule has 0 amide bonds. The van der Waals surface area contributed by atoms with Crippen molar-refractivity contribution < 1.29 is 19.1 Å². The molecule has 0 radical (unpaired) electrons. The van der Waals surface area contributed by atoms with E-state index in [1.165, 1.54) is 0 Å². The summed E-state index contributed by atoms with van der Waals surface area (Å²) in [6, 6.07) is 6.25. The molecule has 2 rings (SSSR count). The zero-order valence-corrected chi connectivity index (χ0v) is 15.5. The van der Waals surface area contributed by atoms with Gasteiger partial charge in [0.1, 0.15) is 0 Å². The Morgan fingerprint density at radius 1 is 1.04 bits per heavy atom. The van der Waals surface area contributed by atoms with Gasteiger partial charge in [-0.25, -0.2) is 0 Å². The van der Waals surface area contributed by atoms with Gasteiger partial charge in [-0.2, -0.15) is 0 Å². The van der Waals surface area contributed by atoms with Crippen LogP contribution in [0.25, 0.3) is 6.08 Å². The van der Waals surface area contributed by atoms with Gasteiger partial charge in [-0.05, 0) is 51.7 Å². The second-order valence-corrected chi connectivity index (χ2v) is 6.57. The molecule has 0 aromatic heterocycles. The van der Waals surface area contributed by atoms with Gasteiger partial charge in [-0.3, -0.25) is 9.59 Å². The highest BCUT2D eigenvalue weighted by atomic mass is 16.6. The fraction of sp³-hybridized carbons (Fsp3) is 0.429. The lowest BCUT2D eigenvalue weighted by Gasteiger charge is -2.23. The number of ether oxygens (including phenoxy) is 2. The highest BCUT2D eigenvalue weighted by Crippen LogP contribution is 2.47. The Morgan fingerprint density at radius 3 is 2.04 bits per heavy atom. The first-order chi connectivity index (χ1) is 11.8. The number of hydrogen-bond acceptors (Lipinski definition) is 4. The topological polar surface area (TPSA) is 52.6 Å². The molecule has 0 N–H and O–H groups in total. The van der Waals surface area contributed by atoms with E-state index in [1.54, 1.807) is 13.8 Å². The Balaban J connectivity index is 2.40. The molecule has 1 aliphatic rings. The Bertz CT molecular complexity index is 689. The van der Waals surface area contributed by atoms with Gasteiger partial charge in [0.25, 0.3) is 0 Å². The predicted octanol–water partition coefficient (Wildman–Crippen LogP) is 4.15. The largest absolute Gasteiger partial charge is 0.465 e. The minimum atomic E-state index is -1.31. The average molecular weight is 342 g/mol. The maximum absolute atomic E-state index is 12.5. The molecule has 4 nitrogen and oxygen atoms in total. The molecule has 0 bridgehead atoms. The van der Waals surface area contributed by atoms with E-state index in [4.69, 9.17) is 9.47 Å². The van der Waals surface area contributed by atoms with Crippen LogP contribution in [0.2, 0.25) is 0 Å². The van der Waals surface area contributed by atoms with Crippen molar-refractivity contribution in [3.8, 4) is 0 Å². The van der Waals surface area contributed by atoms with Crippen molar-refractivity contribution in [2.24, 2.45) is 5.41 Å². The summed E-state index contributed by atoms with van der Waals surface area (Å²) in [5.74, 6) is -1.06. The molecule has 1 aromatic rings. The third-order valence-electron chi connectivity index (χ3n) is 4.38. The third-order valence-corrected chi connectivity index (χ3v) is 4.38. The maximum Gasteiger partial charge on any atom is 0.324 e. The summed E-state index contributed by atoms with van der Waals surface area (Å²) in [4.78, 5) is 25.1. The van der Waals surface area contributed by atoms with Crippen molar-refractivity contribution in [3.05, 3.63) is 52.6 Å². The summed E-state index contributed by atoms with van der Waals surface area (Å²) in [6.45, 7) is 12.1. The van der Waals surface area contributed by atoms with Crippen molar-refractivity contribution in [3.63, 3.8) is 0 Å². The summed E-state index contributed by atoms with van der Waals surface area (Å²) in [6.07, 6.45) is 2.50. The fourth-order valence-corrected chi connectivity index (χ4v) is 3.35. The van der Waals surface area contributed by atoms with Crippen LogP contribution < -0.4 is 0 Å². The summed E-state index contributed by atoms with van der Waals surface area (Å²) in [5, 5.41) is 0. The lowest BCUT2D eigenvalue weighted by Crippen LogP contribution is -2.39. The highest BCUT2D eigenvalue weighted by molar-refractivity contribution is 6.02. The van der Waals surface area contributed by atoms with E-state index in [-0.39, 0.29) is 26.1 Å². The number of hydrogen-bond donors (Lipinski definition) is 0.